The monoisotopic (exact) mass is 379 g/mol. The Bertz CT molecular complexity index is 984. The van der Waals surface area contributed by atoms with Crippen LogP contribution in [0.2, 0.25) is 0 Å². The number of aromatic hydroxyl groups is 1. The minimum Gasteiger partial charge on any atom is -0.507 e. The molecular weight excluding hydrogens is 358 g/mol. The first-order valence-corrected chi connectivity index (χ1v) is 10.3. The van der Waals surface area contributed by atoms with Gasteiger partial charge in [0.25, 0.3) is 5.91 Å². The second-order valence-corrected chi connectivity index (χ2v) is 8.29. The summed E-state index contributed by atoms with van der Waals surface area (Å²) < 4.78 is 7.25. The lowest BCUT2D eigenvalue weighted by molar-refractivity contribution is -0.00113. The van der Waals surface area contributed by atoms with Crippen LogP contribution in [-0.4, -0.2) is 34.6 Å². The summed E-state index contributed by atoms with van der Waals surface area (Å²) in [5, 5.41) is 13.0. The summed E-state index contributed by atoms with van der Waals surface area (Å²) in [4.78, 5) is 15.2. The number of hydrogen-bond acceptors (Lipinski definition) is 4. The first-order valence-electron chi connectivity index (χ1n) is 9.42. The van der Waals surface area contributed by atoms with Crippen LogP contribution in [-0.2, 0) is 4.74 Å². The fraction of sp³-hybridized carbons (Fsp3) is 0.318. The maximum absolute atomic E-state index is 13.3. The number of likely N-dealkylation sites (tertiary alicyclic amines) is 1. The number of nitrogens with zero attached hydrogens (tertiary/aromatic N) is 1. The van der Waals surface area contributed by atoms with Crippen LogP contribution in [0.25, 0.3) is 10.1 Å². The Labute approximate surface area is 162 Å². The number of phenolic OH excluding ortho intramolecular Hbond substituents is 1. The second-order valence-electron chi connectivity index (χ2n) is 7.35. The Morgan fingerprint density at radius 2 is 2.04 bits per heavy atom. The highest BCUT2D eigenvalue weighted by molar-refractivity contribution is 7.17. The maximum atomic E-state index is 13.3. The fourth-order valence-corrected chi connectivity index (χ4v) is 5.27. The molecule has 2 aromatic carbocycles. The molecule has 0 radical (unpaired) electrons. The first kappa shape index (κ1) is 16.8. The largest absolute Gasteiger partial charge is 0.507 e. The molecule has 3 heterocycles. The van der Waals surface area contributed by atoms with E-state index in [9.17, 15) is 9.90 Å². The van der Waals surface area contributed by atoms with Gasteiger partial charge in [0.05, 0.1) is 18.2 Å². The summed E-state index contributed by atoms with van der Waals surface area (Å²) in [6.07, 6.45) is 2.90. The van der Waals surface area contributed by atoms with Crippen molar-refractivity contribution in [1.29, 1.82) is 0 Å². The zero-order valence-electron chi connectivity index (χ0n) is 14.9. The van der Waals surface area contributed by atoms with E-state index in [2.05, 4.69) is 12.1 Å². The molecule has 5 rings (SSSR count). The highest BCUT2D eigenvalue weighted by Gasteiger charge is 2.43. The molecule has 0 unspecified atom stereocenters. The van der Waals surface area contributed by atoms with Crippen molar-refractivity contribution in [3.8, 4) is 5.75 Å². The number of thiophene rings is 1. The summed E-state index contributed by atoms with van der Waals surface area (Å²) in [7, 11) is 0. The molecule has 0 spiro atoms. The smallest absolute Gasteiger partial charge is 0.254 e. The number of carbonyl (C=O) groups excluding carboxylic acids is 1. The zero-order chi connectivity index (χ0) is 18.4. The number of phenols is 1. The van der Waals surface area contributed by atoms with Crippen LogP contribution in [0.3, 0.4) is 0 Å². The molecule has 0 saturated carbocycles. The highest BCUT2D eigenvalue weighted by Crippen LogP contribution is 2.40. The fourth-order valence-electron chi connectivity index (χ4n) is 4.42. The summed E-state index contributed by atoms with van der Waals surface area (Å²) in [6.45, 7) is 0.744. The van der Waals surface area contributed by atoms with Gasteiger partial charge in [0.2, 0.25) is 0 Å². The molecule has 2 fully saturated rings. The van der Waals surface area contributed by atoms with Gasteiger partial charge in [-0.25, -0.2) is 0 Å². The van der Waals surface area contributed by atoms with Gasteiger partial charge >= 0.3 is 0 Å². The second kappa shape index (κ2) is 6.66. The average molecular weight is 379 g/mol. The van der Waals surface area contributed by atoms with Gasteiger partial charge in [-0.3, -0.25) is 4.79 Å². The summed E-state index contributed by atoms with van der Waals surface area (Å²) in [6, 6.07) is 15.7. The number of amides is 1. The lowest BCUT2D eigenvalue weighted by Crippen LogP contribution is -2.48. The first-order chi connectivity index (χ1) is 13.2. The number of hydrogen-bond donors (Lipinski definition) is 1. The Hall–Kier alpha value is -2.37. The van der Waals surface area contributed by atoms with Crippen LogP contribution in [0.4, 0.5) is 0 Å². The van der Waals surface area contributed by atoms with E-state index >= 15 is 0 Å². The van der Waals surface area contributed by atoms with Gasteiger partial charge in [-0.1, -0.05) is 30.3 Å². The van der Waals surface area contributed by atoms with E-state index in [4.69, 9.17) is 4.74 Å². The molecule has 0 bridgehead atoms. The molecule has 138 valence electrons. The Morgan fingerprint density at radius 1 is 1.19 bits per heavy atom. The van der Waals surface area contributed by atoms with E-state index in [1.165, 1.54) is 5.56 Å². The number of ether oxygens (including phenoxy) is 1. The van der Waals surface area contributed by atoms with E-state index in [1.54, 1.807) is 17.4 Å². The highest BCUT2D eigenvalue weighted by atomic mass is 32.1. The van der Waals surface area contributed by atoms with Crippen molar-refractivity contribution < 1.29 is 14.6 Å². The average Bonchev–Trinajstić information content (AvgIpc) is 3.35. The van der Waals surface area contributed by atoms with Crippen LogP contribution in [0.15, 0.2) is 53.9 Å². The van der Waals surface area contributed by atoms with Gasteiger partial charge in [0, 0.05) is 28.6 Å². The molecule has 3 aromatic rings. The van der Waals surface area contributed by atoms with Gasteiger partial charge in [0.1, 0.15) is 5.75 Å². The normalized spacial score (nSPS) is 24.9. The third-order valence-corrected chi connectivity index (χ3v) is 6.60. The van der Waals surface area contributed by atoms with E-state index in [0.29, 0.717) is 5.56 Å². The van der Waals surface area contributed by atoms with Crippen molar-refractivity contribution in [2.45, 2.75) is 37.5 Å². The lowest BCUT2D eigenvalue weighted by atomic mass is 9.94. The topological polar surface area (TPSA) is 49.8 Å². The van der Waals surface area contributed by atoms with Crippen molar-refractivity contribution in [2.24, 2.45) is 0 Å². The molecule has 27 heavy (non-hydrogen) atoms. The third kappa shape index (κ3) is 2.91. The molecular formula is C22H21NO3S. The maximum Gasteiger partial charge on any atom is 0.254 e. The third-order valence-electron chi connectivity index (χ3n) is 5.74. The molecule has 2 aliphatic rings. The Morgan fingerprint density at radius 3 is 2.89 bits per heavy atom. The molecule has 2 aliphatic heterocycles. The van der Waals surface area contributed by atoms with Crippen molar-refractivity contribution in [3.63, 3.8) is 0 Å². The predicted molar refractivity (Wildman–Crippen MR) is 106 cm³/mol. The van der Waals surface area contributed by atoms with Crippen molar-refractivity contribution in [2.75, 3.05) is 6.54 Å². The van der Waals surface area contributed by atoms with E-state index in [-0.39, 0.29) is 29.9 Å². The minimum atomic E-state index is -0.00684. The standard InChI is InChI=1S/C22H21NO3S/c24-18-11-15(12-21-16(18)8-10-27-21)22(25)23-9-4-7-19-17(23)13-20(26-19)14-5-2-1-3-6-14/h1-3,5-6,8,10-12,17,19-20,24H,4,7,9,13H2/t17-,19-,20-/m0/s1. The van der Waals surface area contributed by atoms with E-state index < -0.39 is 0 Å². The van der Waals surface area contributed by atoms with Gasteiger partial charge in [0.15, 0.2) is 0 Å². The number of fused-ring (bicyclic) bond motifs is 2. The molecule has 5 heteroatoms. The number of benzene rings is 2. The number of piperidine rings is 1. The quantitative estimate of drug-likeness (QED) is 0.700. The van der Waals surface area contributed by atoms with Crippen LogP contribution in [0.5, 0.6) is 5.75 Å². The van der Waals surface area contributed by atoms with E-state index in [0.717, 1.165) is 35.9 Å². The molecule has 4 nitrogen and oxygen atoms in total. The Kier molecular flexibility index (Phi) is 4.14. The number of rotatable bonds is 2. The van der Waals surface area contributed by atoms with Crippen LogP contribution < -0.4 is 0 Å². The van der Waals surface area contributed by atoms with Crippen molar-refractivity contribution in [3.05, 3.63) is 65.0 Å². The van der Waals surface area contributed by atoms with Crippen LogP contribution in [0, 0.1) is 0 Å². The van der Waals surface area contributed by atoms with E-state index in [1.807, 2.05) is 40.6 Å². The lowest BCUT2D eigenvalue weighted by Gasteiger charge is -2.36. The molecule has 1 aromatic heterocycles. The van der Waals surface area contributed by atoms with Crippen LogP contribution >= 0.6 is 11.3 Å². The predicted octanol–water partition coefficient (Wildman–Crippen LogP) is 4.74. The van der Waals surface area contributed by atoms with Gasteiger partial charge in [-0.15, -0.1) is 11.3 Å². The summed E-state index contributed by atoms with van der Waals surface area (Å²) in [5.41, 5.74) is 1.74. The van der Waals surface area contributed by atoms with Gasteiger partial charge in [-0.05, 0) is 42.0 Å². The zero-order valence-corrected chi connectivity index (χ0v) is 15.7. The molecule has 0 aliphatic carbocycles. The van der Waals surface area contributed by atoms with Crippen LogP contribution in [0.1, 0.15) is 41.3 Å². The van der Waals surface area contributed by atoms with Gasteiger partial charge in [-0.2, -0.15) is 0 Å². The van der Waals surface area contributed by atoms with Crippen molar-refractivity contribution in [1.82, 2.24) is 4.90 Å². The number of carbonyl (C=O) groups is 1. The molecule has 2 saturated heterocycles. The molecule has 1 N–H and O–H groups in total. The molecule has 1 amide bonds. The summed E-state index contributed by atoms with van der Waals surface area (Å²) in [5.74, 6) is 0.170. The van der Waals surface area contributed by atoms with Crippen molar-refractivity contribution >= 4 is 27.3 Å². The SMILES string of the molecule is O=C(c1cc(O)c2ccsc2c1)N1CCC[C@@H]2O[C@H](c3ccccc3)C[C@@H]21. The minimum absolute atomic E-state index is 0.00684. The summed E-state index contributed by atoms with van der Waals surface area (Å²) >= 11 is 1.54. The molecule has 3 atom stereocenters. The Balaban J connectivity index is 1.43. The van der Waals surface area contributed by atoms with Gasteiger partial charge < -0.3 is 14.7 Å².